The van der Waals surface area contributed by atoms with Crippen LogP contribution in [-0.4, -0.2) is 16.0 Å². The molecule has 120 valence electrons. The molecule has 0 aliphatic carbocycles. The van der Waals surface area contributed by atoms with Crippen molar-refractivity contribution >= 4 is 51.6 Å². The molecule has 0 unspecified atom stereocenters. The van der Waals surface area contributed by atoms with E-state index in [-0.39, 0.29) is 11.0 Å². The fourth-order valence-corrected chi connectivity index (χ4v) is 2.80. The summed E-state index contributed by atoms with van der Waals surface area (Å²) in [5.41, 5.74) is 2.74. The first-order valence-electron chi connectivity index (χ1n) is 7.21. The van der Waals surface area contributed by atoms with Gasteiger partial charge in [-0.2, -0.15) is 0 Å². The molecule has 23 heavy (non-hydrogen) atoms. The molecule has 4 nitrogen and oxygen atoms in total. The molecule has 0 spiro atoms. The predicted octanol–water partition coefficient (Wildman–Crippen LogP) is 4.24. The highest BCUT2D eigenvalue weighted by Crippen LogP contribution is 2.15. The number of nitrogens with zero attached hydrogens (tertiary/aromatic N) is 1. The summed E-state index contributed by atoms with van der Waals surface area (Å²) in [4.78, 5) is 16.5. The van der Waals surface area contributed by atoms with Gasteiger partial charge in [-0.15, -0.1) is 0 Å². The number of nitrogens with one attached hydrogen (secondary N) is 2. The summed E-state index contributed by atoms with van der Waals surface area (Å²) in [6.45, 7) is 6.17. The number of carbonyl (C=O) groups is 1. The van der Waals surface area contributed by atoms with Crippen LogP contribution >= 0.6 is 34.8 Å². The van der Waals surface area contributed by atoms with Gasteiger partial charge in [-0.1, -0.05) is 26.0 Å². The number of thiocarbonyl (C=S) groups is 1. The largest absolute Gasteiger partial charge is 0.317 e. The maximum atomic E-state index is 12.2. The third kappa shape index (κ3) is 4.97. The van der Waals surface area contributed by atoms with Gasteiger partial charge < -0.3 is 5.32 Å². The number of hydrogen-bond acceptors (Lipinski definition) is 3. The Morgan fingerprint density at radius 3 is 2.48 bits per heavy atom. The van der Waals surface area contributed by atoms with Crippen molar-refractivity contribution in [2.24, 2.45) is 0 Å². The van der Waals surface area contributed by atoms with Gasteiger partial charge in [-0.05, 0) is 77.0 Å². The van der Waals surface area contributed by atoms with E-state index in [1.807, 2.05) is 37.3 Å². The van der Waals surface area contributed by atoms with Crippen LogP contribution in [0.3, 0.4) is 0 Å². The third-order valence-corrected chi connectivity index (χ3v) is 4.14. The topological polar surface area (TPSA) is 54.0 Å². The Kier molecular flexibility index (Phi) is 6.06. The lowest BCUT2D eigenvalue weighted by atomic mass is 10.0. The maximum absolute atomic E-state index is 12.2. The molecule has 0 radical (unpaired) electrons. The van der Waals surface area contributed by atoms with Gasteiger partial charge in [0, 0.05) is 15.3 Å². The minimum atomic E-state index is -0.235. The van der Waals surface area contributed by atoms with Crippen molar-refractivity contribution in [2.45, 2.75) is 26.7 Å². The van der Waals surface area contributed by atoms with Gasteiger partial charge >= 0.3 is 0 Å². The van der Waals surface area contributed by atoms with Crippen molar-refractivity contribution in [2.75, 3.05) is 5.32 Å². The van der Waals surface area contributed by atoms with E-state index in [9.17, 15) is 4.79 Å². The number of amides is 1. The predicted molar refractivity (Wildman–Crippen MR) is 106 cm³/mol. The number of rotatable bonds is 3. The molecule has 6 heteroatoms. The minimum Gasteiger partial charge on any atom is -0.317 e. The standard InChI is InChI=1S/C17H18IN3OS/c1-10(2)12-4-6-13(7-5-12)16(22)21-17(23)20-15-11(3)8-14(18)9-19-15/h4-10H,1-3H3,(H2,19,20,21,22,23). The normalized spacial score (nSPS) is 10.5. The number of halogens is 1. The summed E-state index contributed by atoms with van der Waals surface area (Å²) in [5.74, 6) is 0.844. The van der Waals surface area contributed by atoms with Crippen molar-refractivity contribution in [3.05, 3.63) is 56.8 Å². The summed E-state index contributed by atoms with van der Waals surface area (Å²) in [6.07, 6.45) is 1.74. The molecule has 0 saturated heterocycles. The average Bonchev–Trinajstić information content (AvgIpc) is 2.50. The molecule has 0 fully saturated rings. The average molecular weight is 439 g/mol. The number of aryl methyl sites for hydroxylation is 1. The second-order valence-electron chi connectivity index (χ2n) is 5.50. The first kappa shape index (κ1) is 17.8. The van der Waals surface area contributed by atoms with Crippen LogP contribution < -0.4 is 10.6 Å². The van der Waals surface area contributed by atoms with Crippen molar-refractivity contribution in [1.82, 2.24) is 10.3 Å². The zero-order chi connectivity index (χ0) is 17.0. The number of aromatic nitrogens is 1. The SMILES string of the molecule is Cc1cc(I)cnc1NC(=S)NC(=O)c1ccc(C(C)C)cc1. The molecule has 1 heterocycles. The van der Waals surface area contributed by atoms with E-state index in [0.717, 1.165) is 9.13 Å². The fraction of sp³-hybridized carbons (Fsp3) is 0.235. The lowest BCUT2D eigenvalue weighted by molar-refractivity contribution is 0.0977. The highest BCUT2D eigenvalue weighted by atomic mass is 127. The van der Waals surface area contributed by atoms with Crippen molar-refractivity contribution < 1.29 is 4.79 Å². The van der Waals surface area contributed by atoms with Crippen LogP contribution in [0.1, 0.15) is 41.3 Å². The van der Waals surface area contributed by atoms with Gasteiger partial charge in [-0.25, -0.2) is 4.98 Å². The van der Waals surface area contributed by atoms with E-state index in [1.54, 1.807) is 6.20 Å². The molecular weight excluding hydrogens is 421 g/mol. The van der Waals surface area contributed by atoms with Crippen LogP contribution in [0.4, 0.5) is 5.82 Å². The Morgan fingerprint density at radius 2 is 1.91 bits per heavy atom. The zero-order valence-electron chi connectivity index (χ0n) is 13.2. The fourth-order valence-electron chi connectivity index (χ4n) is 2.00. The molecule has 2 aromatic rings. The van der Waals surface area contributed by atoms with Gasteiger partial charge in [0.15, 0.2) is 5.11 Å². The van der Waals surface area contributed by atoms with Gasteiger partial charge in [-0.3, -0.25) is 10.1 Å². The highest BCUT2D eigenvalue weighted by molar-refractivity contribution is 14.1. The molecule has 1 aromatic carbocycles. The summed E-state index contributed by atoms with van der Waals surface area (Å²) in [5, 5.41) is 5.86. The lowest BCUT2D eigenvalue weighted by Crippen LogP contribution is -2.34. The smallest absolute Gasteiger partial charge is 0.257 e. The molecule has 0 saturated carbocycles. The summed E-state index contributed by atoms with van der Waals surface area (Å²) < 4.78 is 1.05. The number of carbonyl (C=O) groups excluding carboxylic acids is 1. The summed E-state index contributed by atoms with van der Waals surface area (Å²) in [6, 6.07) is 9.52. The van der Waals surface area contributed by atoms with E-state index in [2.05, 4.69) is 52.1 Å². The van der Waals surface area contributed by atoms with E-state index < -0.39 is 0 Å². The molecular formula is C17H18IN3OS. The van der Waals surface area contributed by atoms with Gasteiger partial charge in [0.05, 0.1) is 0 Å². The van der Waals surface area contributed by atoms with Crippen LogP contribution in [0.15, 0.2) is 36.5 Å². The lowest BCUT2D eigenvalue weighted by Gasteiger charge is -2.11. The second kappa shape index (κ2) is 7.83. The Labute approximate surface area is 155 Å². The Bertz CT molecular complexity index is 729. The minimum absolute atomic E-state index is 0.235. The van der Waals surface area contributed by atoms with Crippen LogP contribution in [0.2, 0.25) is 0 Å². The van der Waals surface area contributed by atoms with E-state index in [1.165, 1.54) is 5.56 Å². The van der Waals surface area contributed by atoms with Crippen LogP contribution in [0.5, 0.6) is 0 Å². The molecule has 2 N–H and O–H groups in total. The first-order chi connectivity index (χ1) is 10.9. The van der Waals surface area contributed by atoms with Crippen LogP contribution in [0, 0.1) is 10.5 Å². The molecule has 0 aliphatic rings. The van der Waals surface area contributed by atoms with Gasteiger partial charge in [0.1, 0.15) is 5.82 Å². The van der Waals surface area contributed by atoms with Crippen molar-refractivity contribution in [3.63, 3.8) is 0 Å². The van der Waals surface area contributed by atoms with E-state index in [0.29, 0.717) is 17.3 Å². The first-order valence-corrected chi connectivity index (χ1v) is 8.70. The van der Waals surface area contributed by atoms with Gasteiger partial charge in [0.2, 0.25) is 0 Å². The number of pyridine rings is 1. The van der Waals surface area contributed by atoms with E-state index >= 15 is 0 Å². The summed E-state index contributed by atoms with van der Waals surface area (Å²) >= 11 is 7.38. The number of anilines is 1. The summed E-state index contributed by atoms with van der Waals surface area (Å²) in [7, 11) is 0. The van der Waals surface area contributed by atoms with Crippen molar-refractivity contribution in [3.8, 4) is 0 Å². The molecule has 0 bridgehead atoms. The Morgan fingerprint density at radius 1 is 1.26 bits per heavy atom. The molecule has 0 atom stereocenters. The second-order valence-corrected chi connectivity index (χ2v) is 7.16. The molecule has 0 aliphatic heterocycles. The monoisotopic (exact) mass is 439 g/mol. The van der Waals surface area contributed by atoms with Crippen molar-refractivity contribution in [1.29, 1.82) is 0 Å². The Hall–Kier alpha value is -1.54. The highest BCUT2D eigenvalue weighted by Gasteiger charge is 2.10. The number of benzene rings is 1. The maximum Gasteiger partial charge on any atom is 0.257 e. The zero-order valence-corrected chi connectivity index (χ0v) is 16.2. The third-order valence-electron chi connectivity index (χ3n) is 3.34. The Balaban J connectivity index is 2.00. The molecule has 2 rings (SSSR count). The van der Waals surface area contributed by atoms with Crippen LogP contribution in [0.25, 0.3) is 0 Å². The molecule has 1 aromatic heterocycles. The van der Waals surface area contributed by atoms with Crippen LogP contribution in [-0.2, 0) is 0 Å². The molecule has 1 amide bonds. The van der Waals surface area contributed by atoms with E-state index in [4.69, 9.17) is 12.2 Å². The quantitative estimate of drug-likeness (QED) is 0.555. The number of hydrogen-bond donors (Lipinski definition) is 2. The van der Waals surface area contributed by atoms with Gasteiger partial charge in [0.25, 0.3) is 5.91 Å².